The van der Waals surface area contributed by atoms with Crippen LogP contribution in [0.4, 0.5) is 9.59 Å². The predicted octanol–water partition coefficient (Wildman–Crippen LogP) is 3.09. The van der Waals surface area contributed by atoms with Gasteiger partial charge in [0.25, 0.3) is 0 Å². The predicted molar refractivity (Wildman–Crippen MR) is 186 cm³/mol. The van der Waals surface area contributed by atoms with Gasteiger partial charge in [0.1, 0.15) is 11.6 Å². The summed E-state index contributed by atoms with van der Waals surface area (Å²) >= 11 is 0. The van der Waals surface area contributed by atoms with Gasteiger partial charge < -0.3 is 41.1 Å². The Morgan fingerprint density at radius 1 is 0.714 bits per heavy atom. The van der Waals surface area contributed by atoms with E-state index in [1.807, 2.05) is 60.7 Å². The number of amides is 3. The molecule has 3 aromatic carbocycles. The van der Waals surface area contributed by atoms with Gasteiger partial charge in [-0.1, -0.05) is 91.0 Å². The van der Waals surface area contributed by atoms with Crippen LogP contribution in [0.2, 0.25) is 0 Å². The topological polar surface area (TPSA) is 181 Å². The minimum absolute atomic E-state index is 0.0173. The van der Waals surface area contributed by atoms with E-state index in [0.717, 1.165) is 16.0 Å². The number of carboxylic acid groups (broad SMARTS) is 1. The van der Waals surface area contributed by atoms with Crippen molar-refractivity contribution in [1.82, 2.24) is 20.9 Å². The van der Waals surface area contributed by atoms with Crippen LogP contribution in [0.3, 0.4) is 0 Å². The monoisotopic (exact) mass is 678 g/mol. The Kier molecular flexibility index (Phi) is 15.0. The molecule has 0 radical (unpaired) electrons. The van der Waals surface area contributed by atoms with Gasteiger partial charge in [0.2, 0.25) is 5.91 Å². The summed E-state index contributed by atoms with van der Waals surface area (Å²) in [6.45, 7) is 6.36. The van der Waals surface area contributed by atoms with Crippen molar-refractivity contribution < 1.29 is 39.5 Å². The molecule has 0 bridgehead atoms. The van der Waals surface area contributed by atoms with E-state index in [9.17, 15) is 34.8 Å². The van der Waals surface area contributed by atoms with E-state index in [1.165, 1.54) is 6.92 Å². The summed E-state index contributed by atoms with van der Waals surface area (Å²) in [6, 6.07) is 24.2. The average Bonchev–Trinajstić information content (AvgIpc) is 3.04. The zero-order valence-electron chi connectivity index (χ0n) is 28.5. The lowest BCUT2D eigenvalue weighted by atomic mass is 9.99. The van der Waals surface area contributed by atoms with Crippen LogP contribution in [0.25, 0.3) is 0 Å². The molecule has 0 aromatic heterocycles. The van der Waals surface area contributed by atoms with E-state index in [1.54, 1.807) is 51.1 Å². The number of nitrogens with one attached hydrogen (secondary N) is 3. The quantitative estimate of drug-likeness (QED) is 0.113. The van der Waals surface area contributed by atoms with Crippen LogP contribution in [-0.4, -0.2) is 98.5 Å². The van der Waals surface area contributed by atoms with Crippen molar-refractivity contribution in [3.8, 4) is 0 Å². The number of ether oxygens (including phenoxy) is 1. The molecule has 0 spiro atoms. The first-order valence-corrected chi connectivity index (χ1v) is 16.4. The van der Waals surface area contributed by atoms with Gasteiger partial charge >= 0.3 is 12.2 Å². The molecule has 0 fully saturated rings. The lowest BCUT2D eigenvalue weighted by Crippen LogP contribution is -2.59. The van der Waals surface area contributed by atoms with Crippen LogP contribution in [0.15, 0.2) is 91.0 Å². The van der Waals surface area contributed by atoms with E-state index >= 15 is 0 Å². The molecule has 0 aliphatic carbocycles. The Morgan fingerprint density at radius 3 is 1.55 bits per heavy atom. The Bertz CT molecular complexity index is 1440. The van der Waals surface area contributed by atoms with Crippen LogP contribution in [0, 0.1) is 0 Å². The Hall–Kier alpha value is -4.49. The SMILES string of the molecule is CC(O)[C@@H](C(=O)N[C@@H](Cc1ccccc1)[C@H](O)CNC[C@@H](O)[C@H](Cc1ccccc1)NC(=O)OC(C)(C)C)N(Cc1ccccc1)C(=O)O. The maximum absolute atomic E-state index is 13.7. The molecule has 3 rings (SSSR count). The molecule has 0 heterocycles. The molecule has 12 nitrogen and oxygen atoms in total. The van der Waals surface area contributed by atoms with E-state index in [0.29, 0.717) is 12.0 Å². The van der Waals surface area contributed by atoms with Gasteiger partial charge in [0, 0.05) is 19.6 Å². The molecule has 12 heteroatoms. The highest BCUT2D eigenvalue weighted by Crippen LogP contribution is 2.15. The summed E-state index contributed by atoms with van der Waals surface area (Å²) in [7, 11) is 0. The van der Waals surface area contributed by atoms with Crippen molar-refractivity contribution in [3.05, 3.63) is 108 Å². The molecule has 0 aliphatic heterocycles. The number of alkyl carbamates (subject to hydrolysis) is 1. The maximum Gasteiger partial charge on any atom is 0.408 e. The van der Waals surface area contributed by atoms with Gasteiger partial charge in [-0.15, -0.1) is 0 Å². The number of hydrogen-bond donors (Lipinski definition) is 7. The number of rotatable bonds is 17. The first kappa shape index (κ1) is 39.0. The van der Waals surface area contributed by atoms with Crippen molar-refractivity contribution >= 4 is 18.1 Å². The molecule has 0 saturated heterocycles. The number of benzene rings is 3. The Morgan fingerprint density at radius 2 is 1.14 bits per heavy atom. The molecule has 0 saturated carbocycles. The van der Waals surface area contributed by atoms with Crippen LogP contribution < -0.4 is 16.0 Å². The second kappa shape index (κ2) is 18.9. The van der Waals surface area contributed by atoms with Crippen molar-refractivity contribution in [2.45, 2.75) is 89.1 Å². The van der Waals surface area contributed by atoms with Crippen LogP contribution in [-0.2, 0) is 28.9 Å². The minimum Gasteiger partial charge on any atom is -0.465 e. The third-order valence-corrected chi connectivity index (χ3v) is 7.77. The fourth-order valence-electron chi connectivity index (χ4n) is 5.38. The summed E-state index contributed by atoms with van der Waals surface area (Å²) in [5.74, 6) is -0.766. The highest BCUT2D eigenvalue weighted by atomic mass is 16.6. The maximum atomic E-state index is 13.7. The zero-order chi connectivity index (χ0) is 36.0. The summed E-state index contributed by atoms with van der Waals surface area (Å²) in [5.41, 5.74) is 1.61. The second-order valence-electron chi connectivity index (χ2n) is 13.1. The standard InChI is InChI=1S/C37H50N4O8/c1-25(42)33(41(36(47)48)24-28-18-12-7-13-19-28)34(45)39-29(20-26-14-8-5-9-15-26)31(43)22-38-23-32(44)30(21-27-16-10-6-11-17-27)40-35(46)49-37(2,3)4/h5-19,25,29-33,38,42-44H,20-24H2,1-4H3,(H,39,45)(H,40,46)(H,47,48)/t25?,29-,30-,31+,32+,33-/m0/s1. The molecular weight excluding hydrogens is 628 g/mol. The summed E-state index contributed by atoms with van der Waals surface area (Å²) in [6.07, 6.45) is -5.16. The molecule has 7 N–H and O–H groups in total. The summed E-state index contributed by atoms with van der Waals surface area (Å²) in [5, 5.41) is 51.7. The summed E-state index contributed by atoms with van der Waals surface area (Å²) < 4.78 is 5.40. The van der Waals surface area contributed by atoms with Crippen molar-refractivity contribution in [3.63, 3.8) is 0 Å². The summed E-state index contributed by atoms with van der Waals surface area (Å²) in [4.78, 5) is 39.4. The number of aliphatic hydroxyl groups excluding tert-OH is 3. The van der Waals surface area contributed by atoms with Gasteiger partial charge in [-0.2, -0.15) is 0 Å². The van der Waals surface area contributed by atoms with Gasteiger partial charge in [0.15, 0.2) is 0 Å². The van der Waals surface area contributed by atoms with Gasteiger partial charge in [-0.05, 0) is 57.2 Å². The minimum atomic E-state index is -1.46. The molecule has 6 atom stereocenters. The van der Waals surface area contributed by atoms with Crippen molar-refractivity contribution in [2.75, 3.05) is 13.1 Å². The molecule has 49 heavy (non-hydrogen) atoms. The number of nitrogens with zero attached hydrogens (tertiary/aromatic N) is 1. The average molecular weight is 679 g/mol. The molecule has 3 aromatic rings. The highest BCUT2D eigenvalue weighted by molar-refractivity contribution is 5.86. The van der Waals surface area contributed by atoms with E-state index in [2.05, 4.69) is 16.0 Å². The van der Waals surface area contributed by atoms with Crippen LogP contribution >= 0.6 is 0 Å². The lowest BCUT2D eigenvalue weighted by Gasteiger charge is -2.33. The molecule has 0 aliphatic rings. The Labute approximate surface area is 288 Å². The molecule has 1 unspecified atom stereocenters. The second-order valence-corrected chi connectivity index (χ2v) is 13.1. The zero-order valence-corrected chi connectivity index (χ0v) is 28.5. The number of carbonyl (C=O) groups is 3. The number of aliphatic hydroxyl groups is 3. The first-order valence-electron chi connectivity index (χ1n) is 16.4. The lowest BCUT2D eigenvalue weighted by molar-refractivity contribution is -0.131. The molecular formula is C37H50N4O8. The van der Waals surface area contributed by atoms with Crippen LogP contribution in [0.1, 0.15) is 44.4 Å². The normalized spacial score (nSPS) is 15.2. The van der Waals surface area contributed by atoms with E-state index in [-0.39, 0.29) is 26.1 Å². The highest BCUT2D eigenvalue weighted by Gasteiger charge is 2.36. The smallest absolute Gasteiger partial charge is 0.408 e. The van der Waals surface area contributed by atoms with E-state index < -0.39 is 60.1 Å². The molecule has 3 amide bonds. The van der Waals surface area contributed by atoms with Crippen molar-refractivity contribution in [1.29, 1.82) is 0 Å². The largest absolute Gasteiger partial charge is 0.465 e. The number of carbonyl (C=O) groups excluding carboxylic acids is 2. The van der Waals surface area contributed by atoms with Gasteiger partial charge in [-0.25, -0.2) is 9.59 Å². The third kappa shape index (κ3) is 13.5. The van der Waals surface area contributed by atoms with Crippen molar-refractivity contribution in [2.24, 2.45) is 0 Å². The third-order valence-electron chi connectivity index (χ3n) is 7.77. The van der Waals surface area contributed by atoms with Gasteiger partial charge in [-0.3, -0.25) is 9.69 Å². The van der Waals surface area contributed by atoms with Gasteiger partial charge in [0.05, 0.1) is 30.4 Å². The fourth-order valence-corrected chi connectivity index (χ4v) is 5.38. The molecule has 266 valence electrons. The fraction of sp³-hybridized carbons (Fsp3) is 0.432. The number of hydrogen-bond acceptors (Lipinski definition) is 8. The van der Waals surface area contributed by atoms with E-state index in [4.69, 9.17) is 4.74 Å². The Balaban J connectivity index is 1.73. The first-order chi connectivity index (χ1) is 23.2. The van der Waals surface area contributed by atoms with Crippen LogP contribution in [0.5, 0.6) is 0 Å².